The summed E-state index contributed by atoms with van der Waals surface area (Å²) in [6, 6.07) is 7.76. The molecule has 0 atom stereocenters. The fraction of sp³-hybridized carbons (Fsp3) is 0.238. The van der Waals surface area contributed by atoms with Gasteiger partial charge in [0.05, 0.1) is 23.1 Å². The van der Waals surface area contributed by atoms with Gasteiger partial charge in [0.2, 0.25) is 11.9 Å². The molecule has 4 aromatic rings. The Morgan fingerprint density at radius 1 is 1.20 bits per heavy atom. The number of anilines is 3. The van der Waals surface area contributed by atoms with Gasteiger partial charge in [0.15, 0.2) is 0 Å². The van der Waals surface area contributed by atoms with Crippen molar-refractivity contribution >= 4 is 46.8 Å². The Kier molecular flexibility index (Phi) is 5.71. The van der Waals surface area contributed by atoms with Crippen LogP contribution >= 0.6 is 12.6 Å². The zero-order chi connectivity index (χ0) is 21.1. The zero-order valence-corrected chi connectivity index (χ0v) is 17.7. The van der Waals surface area contributed by atoms with Gasteiger partial charge in [-0.2, -0.15) is 17.7 Å². The van der Waals surface area contributed by atoms with E-state index < -0.39 is 0 Å². The van der Waals surface area contributed by atoms with Crippen LogP contribution in [0.25, 0.3) is 22.2 Å². The smallest absolute Gasteiger partial charge is 0.227 e. The third-order valence-corrected chi connectivity index (χ3v) is 4.98. The van der Waals surface area contributed by atoms with Crippen LogP contribution in [0.2, 0.25) is 0 Å². The number of carbonyl (C=O) groups is 1. The van der Waals surface area contributed by atoms with E-state index in [2.05, 4.69) is 38.3 Å². The number of nitrogens with zero attached hydrogens (tertiary/aromatic N) is 5. The number of hydrogen-bond acceptors (Lipinski definition) is 6. The van der Waals surface area contributed by atoms with Gasteiger partial charge in [0.1, 0.15) is 0 Å². The van der Waals surface area contributed by atoms with E-state index in [0.29, 0.717) is 18.1 Å². The summed E-state index contributed by atoms with van der Waals surface area (Å²) in [5.74, 6) is 0.985. The van der Waals surface area contributed by atoms with Crippen molar-refractivity contribution in [2.24, 2.45) is 7.05 Å². The standard InChI is InChI=1S/C21H23N7OS/c1-3-28-12-15(11-23-28)25-21-22-8-6-18(26-21)17-13-27(2)19-10-14(4-5-16(17)19)24-20(29)7-9-30/h4-6,8,10-13,30H,3,7,9H2,1-2H3,(H,24,29)(H,22,25,26). The SMILES string of the molecule is CCn1cc(Nc2nccc(-c3cn(C)c4cc(NC(=O)CCS)ccc34)n2)cn1. The third kappa shape index (κ3) is 4.16. The first kappa shape index (κ1) is 20.0. The van der Waals surface area contributed by atoms with E-state index in [1.165, 1.54) is 0 Å². The lowest BCUT2D eigenvalue weighted by molar-refractivity contribution is -0.115. The molecule has 1 aromatic carbocycles. The van der Waals surface area contributed by atoms with Crippen molar-refractivity contribution in [3.63, 3.8) is 0 Å². The molecule has 0 spiro atoms. The highest BCUT2D eigenvalue weighted by molar-refractivity contribution is 7.80. The second-order valence-corrected chi connectivity index (χ2v) is 7.33. The summed E-state index contributed by atoms with van der Waals surface area (Å²) >= 11 is 4.10. The first-order valence-electron chi connectivity index (χ1n) is 9.70. The van der Waals surface area contributed by atoms with Gasteiger partial charge >= 0.3 is 0 Å². The van der Waals surface area contributed by atoms with E-state index in [4.69, 9.17) is 0 Å². The molecule has 0 unspecified atom stereocenters. The van der Waals surface area contributed by atoms with Crippen LogP contribution in [0.5, 0.6) is 0 Å². The molecule has 0 aliphatic carbocycles. The Bertz CT molecular complexity index is 1200. The maximum atomic E-state index is 11.9. The number of aryl methyl sites for hydroxylation is 2. The van der Waals surface area contributed by atoms with Gasteiger partial charge in [-0.1, -0.05) is 6.07 Å². The van der Waals surface area contributed by atoms with Crippen molar-refractivity contribution < 1.29 is 4.79 Å². The van der Waals surface area contributed by atoms with Crippen molar-refractivity contribution in [2.45, 2.75) is 19.9 Å². The average molecular weight is 422 g/mol. The number of fused-ring (bicyclic) bond motifs is 1. The summed E-state index contributed by atoms with van der Waals surface area (Å²) in [6.07, 6.45) is 7.82. The fourth-order valence-corrected chi connectivity index (χ4v) is 3.49. The number of rotatable bonds is 7. The van der Waals surface area contributed by atoms with Gasteiger partial charge in [-0.25, -0.2) is 9.97 Å². The van der Waals surface area contributed by atoms with Crippen molar-refractivity contribution in [1.29, 1.82) is 0 Å². The Labute approximate surface area is 179 Å². The minimum absolute atomic E-state index is 0.0447. The lowest BCUT2D eigenvalue weighted by atomic mass is 10.1. The number of hydrogen-bond donors (Lipinski definition) is 3. The van der Waals surface area contributed by atoms with Crippen LogP contribution in [-0.2, 0) is 18.4 Å². The van der Waals surface area contributed by atoms with Crippen LogP contribution < -0.4 is 10.6 Å². The van der Waals surface area contributed by atoms with E-state index in [9.17, 15) is 4.79 Å². The fourth-order valence-electron chi connectivity index (χ4n) is 3.29. The Morgan fingerprint density at radius 3 is 2.83 bits per heavy atom. The van der Waals surface area contributed by atoms with Crippen LogP contribution in [0.1, 0.15) is 13.3 Å². The summed E-state index contributed by atoms with van der Waals surface area (Å²) in [5, 5.41) is 11.4. The van der Waals surface area contributed by atoms with Gasteiger partial charge in [0, 0.05) is 55.2 Å². The molecule has 0 aliphatic heterocycles. The number of carbonyl (C=O) groups excluding carboxylic acids is 1. The molecule has 9 heteroatoms. The van der Waals surface area contributed by atoms with Crippen molar-refractivity contribution in [1.82, 2.24) is 24.3 Å². The summed E-state index contributed by atoms with van der Waals surface area (Å²) < 4.78 is 3.86. The van der Waals surface area contributed by atoms with Crippen molar-refractivity contribution in [3.05, 3.63) is 49.1 Å². The molecule has 3 aromatic heterocycles. The molecule has 8 nitrogen and oxygen atoms in total. The first-order chi connectivity index (χ1) is 14.6. The quantitative estimate of drug-likeness (QED) is 0.394. The van der Waals surface area contributed by atoms with Gasteiger partial charge in [0.25, 0.3) is 0 Å². The van der Waals surface area contributed by atoms with E-state index in [-0.39, 0.29) is 5.91 Å². The van der Waals surface area contributed by atoms with E-state index >= 15 is 0 Å². The van der Waals surface area contributed by atoms with E-state index in [0.717, 1.165) is 40.1 Å². The second-order valence-electron chi connectivity index (χ2n) is 6.88. The molecule has 0 radical (unpaired) electrons. The third-order valence-electron chi connectivity index (χ3n) is 4.76. The number of aromatic nitrogens is 5. The molecule has 0 bridgehead atoms. The van der Waals surface area contributed by atoms with Gasteiger partial charge < -0.3 is 15.2 Å². The number of benzene rings is 1. The summed E-state index contributed by atoms with van der Waals surface area (Å²) in [5.41, 5.74) is 4.42. The van der Waals surface area contributed by atoms with Crippen LogP contribution in [0.4, 0.5) is 17.3 Å². The molecule has 2 N–H and O–H groups in total. The predicted molar refractivity (Wildman–Crippen MR) is 122 cm³/mol. The second kappa shape index (κ2) is 8.58. The normalized spacial score (nSPS) is 11.0. The van der Waals surface area contributed by atoms with Crippen molar-refractivity contribution in [2.75, 3.05) is 16.4 Å². The number of nitrogens with one attached hydrogen (secondary N) is 2. The van der Waals surface area contributed by atoms with E-state index in [1.807, 2.05) is 59.9 Å². The molecular formula is C21H23N7OS. The number of amides is 1. The van der Waals surface area contributed by atoms with Crippen LogP contribution in [-0.4, -0.2) is 36.0 Å². The number of thiol groups is 1. The van der Waals surface area contributed by atoms with Gasteiger partial charge in [-0.3, -0.25) is 9.48 Å². The maximum Gasteiger partial charge on any atom is 0.227 e. The largest absolute Gasteiger partial charge is 0.350 e. The average Bonchev–Trinajstić information content (AvgIpc) is 3.32. The molecule has 154 valence electrons. The zero-order valence-electron chi connectivity index (χ0n) is 16.8. The molecule has 0 saturated carbocycles. The summed E-state index contributed by atoms with van der Waals surface area (Å²) in [6.45, 7) is 2.83. The molecule has 0 aliphatic rings. The Balaban J connectivity index is 1.63. The minimum Gasteiger partial charge on any atom is -0.350 e. The molecular weight excluding hydrogens is 398 g/mol. The maximum absolute atomic E-state index is 11.9. The predicted octanol–water partition coefficient (Wildman–Crippen LogP) is 3.85. The highest BCUT2D eigenvalue weighted by atomic mass is 32.1. The monoisotopic (exact) mass is 421 g/mol. The highest BCUT2D eigenvalue weighted by Gasteiger charge is 2.12. The highest BCUT2D eigenvalue weighted by Crippen LogP contribution is 2.31. The first-order valence-corrected chi connectivity index (χ1v) is 10.3. The molecule has 0 fully saturated rings. The molecule has 0 saturated heterocycles. The lowest BCUT2D eigenvalue weighted by Gasteiger charge is -2.06. The Hall–Kier alpha value is -3.33. The molecule has 30 heavy (non-hydrogen) atoms. The molecule has 4 rings (SSSR count). The summed E-state index contributed by atoms with van der Waals surface area (Å²) in [7, 11) is 1.98. The van der Waals surface area contributed by atoms with Crippen LogP contribution in [0.3, 0.4) is 0 Å². The molecule has 3 heterocycles. The van der Waals surface area contributed by atoms with Gasteiger partial charge in [-0.15, -0.1) is 0 Å². The molecule has 1 amide bonds. The van der Waals surface area contributed by atoms with Crippen LogP contribution in [0.15, 0.2) is 49.1 Å². The van der Waals surface area contributed by atoms with Gasteiger partial charge in [-0.05, 0) is 30.9 Å². The summed E-state index contributed by atoms with van der Waals surface area (Å²) in [4.78, 5) is 20.9. The topological polar surface area (TPSA) is 89.7 Å². The van der Waals surface area contributed by atoms with E-state index in [1.54, 1.807) is 12.4 Å². The van der Waals surface area contributed by atoms with Crippen molar-refractivity contribution in [3.8, 4) is 11.3 Å². The van der Waals surface area contributed by atoms with Crippen LogP contribution in [0, 0.1) is 0 Å². The minimum atomic E-state index is -0.0447. The Morgan fingerprint density at radius 2 is 2.07 bits per heavy atom. The lowest BCUT2D eigenvalue weighted by Crippen LogP contribution is -2.11.